The van der Waals surface area contributed by atoms with E-state index >= 15 is 0 Å². The molecule has 0 atom stereocenters. The van der Waals surface area contributed by atoms with Crippen LogP contribution in [0.25, 0.3) is 0 Å². The molecular weight excluding hydrogens is 356 g/mol. The van der Waals surface area contributed by atoms with Crippen LogP contribution < -0.4 is 20.1 Å². The summed E-state index contributed by atoms with van der Waals surface area (Å²) in [5.41, 5.74) is 4.40. The second kappa shape index (κ2) is 7.56. The van der Waals surface area contributed by atoms with Gasteiger partial charge in [-0.1, -0.05) is 18.2 Å². The Morgan fingerprint density at radius 2 is 1.89 bits per heavy atom. The lowest BCUT2D eigenvalue weighted by Gasteiger charge is -2.11. The van der Waals surface area contributed by atoms with Crippen LogP contribution in [-0.2, 0) is 6.54 Å². The molecule has 0 fully saturated rings. The minimum absolute atomic E-state index is 0.224. The van der Waals surface area contributed by atoms with Crippen molar-refractivity contribution in [1.29, 1.82) is 0 Å². The van der Waals surface area contributed by atoms with Crippen molar-refractivity contribution < 1.29 is 14.3 Å². The molecule has 2 N–H and O–H groups in total. The first-order valence-corrected chi connectivity index (χ1v) is 8.91. The van der Waals surface area contributed by atoms with Gasteiger partial charge < -0.3 is 20.1 Å². The minimum Gasteiger partial charge on any atom is -0.454 e. The van der Waals surface area contributed by atoms with E-state index in [1.165, 1.54) is 6.33 Å². The molecule has 1 amide bonds. The van der Waals surface area contributed by atoms with Gasteiger partial charge in [0.25, 0.3) is 5.91 Å². The van der Waals surface area contributed by atoms with Gasteiger partial charge >= 0.3 is 0 Å². The molecular formula is C21H20N4O3. The maximum absolute atomic E-state index is 12.5. The smallest absolute Gasteiger partial charge is 0.270 e. The molecule has 0 saturated carbocycles. The number of carbonyl (C=O) groups is 1. The van der Waals surface area contributed by atoms with Gasteiger partial charge in [0.2, 0.25) is 6.79 Å². The van der Waals surface area contributed by atoms with Crippen LogP contribution in [0.15, 0.2) is 48.8 Å². The second-order valence-electron chi connectivity index (χ2n) is 6.60. The molecule has 1 aliphatic rings. The normalized spacial score (nSPS) is 11.9. The average molecular weight is 376 g/mol. The van der Waals surface area contributed by atoms with Crippen molar-refractivity contribution in [3.8, 4) is 11.5 Å². The zero-order valence-corrected chi connectivity index (χ0v) is 15.7. The van der Waals surface area contributed by atoms with Gasteiger partial charge in [0.1, 0.15) is 17.8 Å². The Labute approximate surface area is 162 Å². The van der Waals surface area contributed by atoms with E-state index in [-0.39, 0.29) is 12.7 Å². The summed E-state index contributed by atoms with van der Waals surface area (Å²) in [5, 5.41) is 6.11. The van der Waals surface area contributed by atoms with Crippen molar-refractivity contribution in [3.63, 3.8) is 0 Å². The van der Waals surface area contributed by atoms with Crippen molar-refractivity contribution >= 4 is 17.4 Å². The van der Waals surface area contributed by atoms with Gasteiger partial charge in [-0.15, -0.1) is 0 Å². The van der Waals surface area contributed by atoms with Crippen LogP contribution in [0.3, 0.4) is 0 Å². The average Bonchev–Trinajstić information content (AvgIpc) is 3.17. The summed E-state index contributed by atoms with van der Waals surface area (Å²) < 4.78 is 10.6. The molecule has 0 saturated heterocycles. The Balaban J connectivity index is 1.43. The van der Waals surface area contributed by atoms with E-state index in [1.807, 2.05) is 44.2 Å². The fraction of sp³-hybridized carbons (Fsp3) is 0.190. The van der Waals surface area contributed by atoms with E-state index in [9.17, 15) is 4.79 Å². The predicted molar refractivity (Wildman–Crippen MR) is 105 cm³/mol. The summed E-state index contributed by atoms with van der Waals surface area (Å²) in [7, 11) is 0. The lowest BCUT2D eigenvalue weighted by molar-refractivity contribution is 0.0945. The van der Waals surface area contributed by atoms with Crippen LogP contribution in [0.1, 0.15) is 27.2 Å². The molecule has 28 heavy (non-hydrogen) atoms. The molecule has 0 aliphatic carbocycles. The van der Waals surface area contributed by atoms with Crippen molar-refractivity contribution in [3.05, 3.63) is 71.2 Å². The summed E-state index contributed by atoms with van der Waals surface area (Å²) in [6, 6.07) is 13.3. The summed E-state index contributed by atoms with van der Waals surface area (Å²) in [4.78, 5) is 20.8. The van der Waals surface area contributed by atoms with Gasteiger partial charge in [0.05, 0.1) is 0 Å². The molecule has 1 aliphatic heterocycles. The molecule has 7 nitrogen and oxygen atoms in total. The summed E-state index contributed by atoms with van der Waals surface area (Å²) in [6.07, 6.45) is 1.38. The molecule has 0 unspecified atom stereocenters. The first kappa shape index (κ1) is 17.8. The summed E-state index contributed by atoms with van der Waals surface area (Å²) >= 11 is 0. The van der Waals surface area contributed by atoms with Crippen LogP contribution in [0.5, 0.6) is 11.5 Å². The quantitative estimate of drug-likeness (QED) is 0.709. The van der Waals surface area contributed by atoms with Crippen molar-refractivity contribution in [2.45, 2.75) is 20.4 Å². The first-order valence-electron chi connectivity index (χ1n) is 8.91. The Hall–Kier alpha value is -3.61. The molecule has 0 spiro atoms. The first-order chi connectivity index (χ1) is 13.6. The standard InChI is InChI=1S/C21H20N4O3/c1-13-3-4-14(2)16(7-13)25-20-9-17(23-11-24-20)21(26)22-10-15-5-6-18-19(8-15)28-12-27-18/h3-9,11H,10,12H2,1-2H3,(H,22,26)(H,23,24,25). The molecule has 7 heteroatoms. The number of anilines is 2. The van der Waals surface area contributed by atoms with Crippen molar-refractivity contribution in [1.82, 2.24) is 15.3 Å². The molecule has 0 radical (unpaired) electrons. The molecule has 3 aromatic rings. The number of amides is 1. The number of benzene rings is 2. The number of carbonyl (C=O) groups excluding carboxylic acids is 1. The van der Waals surface area contributed by atoms with Gasteiger partial charge in [-0.05, 0) is 48.7 Å². The Morgan fingerprint density at radius 3 is 2.79 bits per heavy atom. The van der Waals surface area contributed by atoms with Gasteiger partial charge in [0, 0.05) is 18.3 Å². The van der Waals surface area contributed by atoms with Crippen LogP contribution in [0.2, 0.25) is 0 Å². The van der Waals surface area contributed by atoms with E-state index in [0.29, 0.717) is 29.6 Å². The summed E-state index contributed by atoms with van der Waals surface area (Å²) in [6.45, 7) is 4.63. The fourth-order valence-electron chi connectivity index (χ4n) is 2.88. The number of hydrogen-bond donors (Lipinski definition) is 2. The number of nitrogens with zero attached hydrogens (tertiary/aromatic N) is 2. The number of rotatable bonds is 5. The number of aromatic nitrogens is 2. The van der Waals surface area contributed by atoms with Gasteiger partial charge in [-0.3, -0.25) is 4.79 Å². The lowest BCUT2D eigenvalue weighted by Crippen LogP contribution is -2.24. The molecule has 2 aromatic carbocycles. The van der Waals surface area contributed by atoms with Crippen LogP contribution in [0.4, 0.5) is 11.5 Å². The Morgan fingerprint density at radius 1 is 1.04 bits per heavy atom. The number of hydrogen-bond acceptors (Lipinski definition) is 6. The van der Waals surface area contributed by atoms with E-state index in [1.54, 1.807) is 6.07 Å². The fourth-order valence-corrected chi connectivity index (χ4v) is 2.88. The zero-order chi connectivity index (χ0) is 19.5. The lowest BCUT2D eigenvalue weighted by atomic mass is 10.1. The van der Waals surface area contributed by atoms with Crippen LogP contribution >= 0.6 is 0 Å². The molecule has 142 valence electrons. The molecule has 0 bridgehead atoms. The van der Waals surface area contributed by atoms with E-state index in [4.69, 9.17) is 9.47 Å². The van der Waals surface area contributed by atoms with Gasteiger partial charge in [-0.2, -0.15) is 0 Å². The van der Waals surface area contributed by atoms with Crippen LogP contribution in [-0.4, -0.2) is 22.7 Å². The highest BCUT2D eigenvalue weighted by Gasteiger charge is 2.14. The van der Waals surface area contributed by atoms with Crippen molar-refractivity contribution in [2.24, 2.45) is 0 Å². The number of nitrogens with one attached hydrogen (secondary N) is 2. The topological polar surface area (TPSA) is 85.4 Å². The highest BCUT2D eigenvalue weighted by molar-refractivity contribution is 5.93. The second-order valence-corrected chi connectivity index (χ2v) is 6.60. The Kier molecular flexibility index (Phi) is 4.80. The zero-order valence-electron chi connectivity index (χ0n) is 15.7. The minimum atomic E-state index is -0.274. The third kappa shape index (κ3) is 3.88. The van der Waals surface area contributed by atoms with Gasteiger partial charge in [0.15, 0.2) is 11.5 Å². The SMILES string of the molecule is Cc1ccc(C)c(Nc2cc(C(=O)NCc3ccc4c(c3)OCO4)ncn2)c1. The van der Waals surface area contributed by atoms with Crippen molar-refractivity contribution in [2.75, 3.05) is 12.1 Å². The monoisotopic (exact) mass is 376 g/mol. The maximum Gasteiger partial charge on any atom is 0.270 e. The van der Waals surface area contributed by atoms with E-state index in [2.05, 4.69) is 26.7 Å². The number of fused-ring (bicyclic) bond motifs is 1. The van der Waals surface area contributed by atoms with Crippen LogP contribution in [0, 0.1) is 13.8 Å². The maximum atomic E-state index is 12.5. The highest BCUT2D eigenvalue weighted by atomic mass is 16.7. The third-order valence-electron chi connectivity index (χ3n) is 4.45. The molecule has 1 aromatic heterocycles. The third-order valence-corrected chi connectivity index (χ3v) is 4.45. The molecule has 4 rings (SSSR count). The largest absolute Gasteiger partial charge is 0.454 e. The number of aryl methyl sites for hydroxylation is 2. The molecule has 2 heterocycles. The number of ether oxygens (including phenoxy) is 2. The highest BCUT2D eigenvalue weighted by Crippen LogP contribution is 2.32. The summed E-state index contributed by atoms with van der Waals surface area (Å²) in [5.74, 6) is 1.70. The van der Waals surface area contributed by atoms with Gasteiger partial charge in [-0.25, -0.2) is 9.97 Å². The Bertz CT molecular complexity index is 1040. The van der Waals surface area contributed by atoms with E-state index in [0.717, 1.165) is 22.4 Å². The predicted octanol–water partition coefficient (Wildman–Crippen LogP) is 3.50. The van der Waals surface area contributed by atoms with E-state index < -0.39 is 0 Å².